The van der Waals surface area contributed by atoms with Crippen LogP contribution in [-0.4, -0.2) is 55.8 Å². The van der Waals surface area contributed by atoms with Crippen molar-refractivity contribution < 1.29 is 9.59 Å². The molecular formula is C19H28N4O2. The molecule has 2 saturated heterocycles. The Morgan fingerprint density at radius 1 is 1.28 bits per heavy atom. The van der Waals surface area contributed by atoms with E-state index in [1.54, 1.807) is 6.20 Å². The summed E-state index contributed by atoms with van der Waals surface area (Å²) in [7, 11) is 0. The lowest BCUT2D eigenvalue weighted by molar-refractivity contribution is -0.156. The van der Waals surface area contributed by atoms with Gasteiger partial charge in [-0.2, -0.15) is 0 Å². The summed E-state index contributed by atoms with van der Waals surface area (Å²) in [5, 5.41) is 0. The normalized spacial score (nSPS) is 26.7. The molecule has 0 radical (unpaired) electrons. The highest BCUT2D eigenvalue weighted by Crippen LogP contribution is 2.42. The standard InChI is InChI=1S/C19H28N4O2/c1-2-16-20-10-14-21(16)13-7-17(24)23-12-4-9-19(23)8-3-11-22(18(19)25)15-5-6-15/h10,14-15H,2-9,11-13H2,1H3. The first kappa shape index (κ1) is 16.6. The van der Waals surface area contributed by atoms with E-state index in [4.69, 9.17) is 0 Å². The molecule has 4 rings (SSSR count). The third-order valence-electron chi connectivity index (χ3n) is 6.11. The van der Waals surface area contributed by atoms with E-state index in [1.165, 1.54) is 0 Å². The Hall–Kier alpha value is -1.85. The third kappa shape index (κ3) is 2.85. The van der Waals surface area contributed by atoms with Crippen LogP contribution in [0.2, 0.25) is 0 Å². The minimum absolute atomic E-state index is 0.124. The Kier molecular flexibility index (Phi) is 4.29. The molecule has 1 saturated carbocycles. The summed E-state index contributed by atoms with van der Waals surface area (Å²) in [6.45, 7) is 4.33. The Morgan fingerprint density at radius 3 is 2.76 bits per heavy atom. The lowest BCUT2D eigenvalue weighted by Crippen LogP contribution is -2.61. The minimum Gasteiger partial charge on any atom is -0.338 e. The number of carbonyl (C=O) groups is 2. The molecular weight excluding hydrogens is 316 g/mol. The molecule has 3 fully saturated rings. The molecule has 0 aromatic carbocycles. The summed E-state index contributed by atoms with van der Waals surface area (Å²) in [6, 6.07) is 0.445. The molecule has 1 unspecified atom stereocenters. The Labute approximate surface area is 149 Å². The van der Waals surface area contributed by atoms with E-state index in [2.05, 4.69) is 21.4 Å². The number of nitrogens with zero attached hydrogens (tertiary/aromatic N) is 4. The molecule has 136 valence electrons. The summed E-state index contributed by atoms with van der Waals surface area (Å²) in [4.78, 5) is 34.5. The molecule has 6 heteroatoms. The van der Waals surface area contributed by atoms with Gasteiger partial charge in [0.25, 0.3) is 0 Å². The Morgan fingerprint density at radius 2 is 2.04 bits per heavy atom. The van der Waals surface area contributed by atoms with Gasteiger partial charge in [-0.05, 0) is 38.5 Å². The van der Waals surface area contributed by atoms with Crippen LogP contribution in [-0.2, 0) is 22.6 Å². The Balaban J connectivity index is 1.46. The van der Waals surface area contributed by atoms with Crippen molar-refractivity contribution in [2.75, 3.05) is 13.1 Å². The number of hydrogen-bond acceptors (Lipinski definition) is 3. The second-order valence-corrected chi connectivity index (χ2v) is 7.65. The van der Waals surface area contributed by atoms with E-state index >= 15 is 0 Å². The first-order valence-corrected chi connectivity index (χ1v) is 9.77. The van der Waals surface area contributed by atoms with Crippen molar-refractivity contribution in [1.29, 1.82) is 0 Å². The smallest absolute Gasteiger partial charge is 0.248 e. The molecule has 1 aromatic rings. The van der Waals surface area contributed by atoms with Crippen LogP contribution in [0.15, 0.2) is 12.4 Å². The van der Waals surface area contributed by atoms with Gasteiger partial charge in [0, 0.05) is 50.9 Å². The number of rotatable bonds is 5. The van der Waals surface area contributed by atoms with E-state index in [9.17, 15) is 9.59 Å². The summed E-state index contributed by atoms with van der Waals surface area (Å²) >= 11 is 0. The van der Waals surface area contributed by atoms with Crippen LogP contribution in [0.1, 0.15) is 57.7 Å². The number of carbonyl (C=O) groups excluding carboxylic acids is 2. The van der Waals surface area contributed by atoms with Crippen LogP contribution >= 0.6 is 0 Å². The van der Waals surface area contributed by atoms with E-state index in [-0.39, 0.29) is 11.8 Å². The van der Waals surface area contributed by atoms with Crippen molar-refractivity contribution in [3.05, 3.63) is 18.2 Å². The van der Waals surface area contributed by atoms with Gasteiger partial charge in [-0.1, -0.05) is 6.92 Å². The van der Waals surface area contributed by atoms with Crippen molar-refractivity contribution in [3.8, 4) is 0 Å². The zero-order valence-corrected chi connectivity index (χ0v) is 15.1. The van der Waals surface area contributed by atoms with Crippen LogP contribution < -0.4 is 0 Å². The van der Waals surface area contributed by atoms with Gasteiger partial charge in [0.05, 0.1) is 0 Å². The van der Waals surface area contributed by atoms with E-state index in [0.29, 0.717) is 19.0 Å². The van der Waals surface area contributed by atoms with Gasteiger partial charge in [-0.3, -0.25) is 9.59 Å². The van der Waals surface area contributed by atoms with Crippen LogP contribution in [0.5, 0.6) is 0 Å². The van der Waals surface area contributed by atoms with Gasteiger partial charge in [-0.15, -0.1) is 0 Å². The van der Waals surface area contributed by atoms with Gasteiger partial charge in [0.1, 0.15) is 11.4 Å². The Bertz CT molecular complexity index is 666. The summed E-state index contributed by atoms with van der Waals surface area (Å²) in [5.74, 6) is 1.36. The van der Waals surface area contributed by atoms with Crippen molar-refractivity contribution in [1.82, 2.24) is 19.4 Å². The second kappa shape index (κ2) is 6.46. The third-order valence-corrected chi connectivity index (χ3v) is 6.11. The number of imidazole rings is 1. The lowest BCUT2D eigenvalue weighted by Gasteiger charge is -2.44. The van der Waals surface area contributed by atoms with Crippen molar-refractivity contribution >= 4 is 11.8 Å². The predicted molar refractivity (Wildman–Crippen MR) is 93.9 cm³/mol. The maximum absolute atomic E-state index is 13.2. The van der Waals surface area contributed by atoms with Gasteiger partial charge >= 0.3 is 0 Å². The quantitative estimate of drug-likeness (QED) is 0.821. The average Bonchev–Trinajstić information content (AvgIpc) is 3.21. The van der Waals surface area contributed by atoms with Gasteiger partial charge in [0.15, 0.2) is 0 Å². The first-order valence-electron chi connectivity index (χ1n) is 9.77. The molecule has 3 aliphatic rings. The van der Waals surface area contributed by atoms with E-state index in [1.807, 2.05) is 11.1 Å². The number of aryl methyl sites for hydroxylation is 2. The summed E-state index contributed by atoms with van der Waals surface area (Å²) < 4.78 is 2.06. The van der Waals surface area contributed by atoms with Crippen molar-refractivity contribution in [3.63, 3.8) is 0 Å². The first-order chi connectivity index (χ1) is 12.2. The number of likely N-dealkylation sites (tertiary alicyclic amines) is 2. The fraction of sp³-hybridized carbons (Fsp3) is 0.737. The molecule has 3 heterocycles. The SMILES string of the molecule is CCc1nccn1CCC(=O)N1CCCC12CCCN(C1CC1)C2=O. The van der Waals surface area contributed by atoms with Crippen molar-refractivity contribution in [2.24, 2.45) is 0 Å². The van der Waals surface area contributed by atoms with Crippen molar-refractivity contribution in [2.45, 2.75) is 76.4 Å². The molecule has 2 amide bonds. The minimum atomic E-state index is -0.541. The number of hydrogen-bond donors (Lipinski definition) is 0. The highest BCUT2D eigenvalue weighted by atomic mass is 16.2. The molecule has 2 aliphatic heterocycles. The highest BCUT2D eigenvalue weighted by molar-refractivity contribution is 5.93. The molecule has 25 heavy (non-hydrogen) atoms. The molecule has 1 aliphatic carbocycles. The average molecular weight is 344 g/mol. The van der Waals surface area contributed by atoms with Gasteiger partial charge in [0.2, 0.25) is 11.8 Å². The fourth-order valence-electron chi connectivity index (χ4n) is 4.69. The van der Waals surface area contributed by atoms with Crippen LogP contribution in [0, 0.1) is 0 Å². The summed E-state index contributed by atoms with van der Waals surface area (Å²) in [5.41, 5.74) is -0.541. The van der Waals surface area contributed by atoms with Crippen LogP contribution in [0.4, 0.5) is 0 Å². The molecule has 0 N–H and O–H groups in total. The van der Waals surface area contributed by atoms with E-state index < -0.39 is 5.54 Å². The molecule has 1 aromatic heterocycles. The van der Waals surface area contributed by atoms with Crippen LogP contribution in [0.25, 0.3) is 0 Å². The maximum Gasteiger partial charge on any atom is 0.248 e. The molecule has 0 bridgehead atoms. The second-order valence-electron chi connectivity index (χ2n) is 7.65. The molecule has 1 atom stereocenters. The molecule has 1 spiro atoms. The largest absolute Gasteiger partial charge is 0.338 e. The number of aromatic nitrogens is 2. The van der Waals surface area contributed by atoms with Gasteiger partial charge in [-0.25, -0.2) is 4.98 Å². The monoisotopic (exact) mass is 344 g/mol. The van der Waals surface area contributed by atoms with E-state index in [0.717, 1.165) is 63.9 Å². The maximum atomic E-state index is 13.2. The van der Waals surface area contributed by atoms with Crippen LogP contribution in [0.3, 0.4) is 0 Å². The topological polar surface area (TPSA) is 58.4 Å². The molecule has 6 nitrogen and oxygen atoms in total. The number of piperidine rings is 1. The zero-order chi connectivity index (χ0) is 17.4. The van der Waals surface area contributed by atoms with Gasteiger partial charge < -0.3 is 14.4 Å². The number of amides is 2. The highest BCUT2D eigenvalue weighted by Gasteiger charge is 2.54. The predicted octanol–water partition coefficient (Wildman–Crippen LogP) is 1.98. The zero-order valence-electron chi connectivity index (χ0n) is 15.1. The fourth-order valence-corrected chi connectivity index (χ4v) is 4.69. The summed E-state index contributed by atoms with van der Waals surface area (Å²) in [6.07, 6.45) is 11.0. The lowest BCUT2D eigenvalue weighted by atomic mass is 9.85.